The second-order valence-electron chi connectivity index (χ2n) is 2.02. The van der Waals surface area contributed by atoms with Crippen LogP contribution in [0.5, 0.6) is 0 Å². The SMILES string of the molecule is O=C(O)c1sc(Cl)cc1S(=O)(=O)O. The highest BCUT2D eigenvalue weighted by Gasteiger charge is 2.23. The largest absolute Gasteiger partial charge is 0.477 e. The number of carboxylic acid groups (broad SMARTS) is 1. The first kappa shape index (κ1) is 10.5. The maximum atomic E-state index is 10.6. The molecule has 1 aromatic rings. The Morgan fingerprint density at radius 2 is 2.08 bits per heavy atom. The molecule has 1 heterocycles. The lowest BCUT2D eigenvalue weighted by Crippen LogP contribution is -2.03. The lowest BCUT2D eigenvalue weighted by Gasteiger charge is -1.92. The van der Waals surface area contributed by atoms with Crippen molar-refractivity contribution in [2.24, 2.45) is 0 Å². The normalized spacial score (nSPS) is 11.5. The zero-order valence-electron chi connectivity index (χ0n) is 5.89. The van der Waals surface area contributed by atoms with Crippen molar-refractivity contribution in [3.63, 3.8) is 0 Å². The molecule has 1 aromatic heterocycles. The molecule has 13 heavy (non-hydrogen) atoms. The molecule has 0 aromatic carbocycles. The molecule has 0 unspecified atom stereocenters. The van der Waals surface area contributed by atoms with Crippen LogP contribution < -0.4 is 0 Å². The standard InChI is InChI=1S/C5H3ClO5S2/c6-3-1-2(13(9,10)11)4(12-3)5(7)8/h1H,(H,7,8)(H,9,10,11). The van der Waals surface area contributed by atoms with E-state index in [2.05, 4.69) is 0 Å². The van der Waals surface area contributed by atoms with Gasteiger partial charge in [0.05, 0.1) is 4.34 Å². The summed E-state index contributed by atoms with van der Waals surface area (Å²) in [6.07, 6.45) is 0. The minimum Gasteiger partial charge on any atom is -0.477 e. The van der Waals surface area contributed by atoms with Gasteiger partial charge in [0.1, 0.15) is 9.77 Å². The zero-order valence-corrected chi connectivity index (χ0v) is 8.28. The first-order chi connectivity index (χ1) is 5.82. The summed E-state index contributed by atoms with van der Waals surface area (Å²) in [6.45, 7) is 0. The van der Waals surface area contributed by atoms with Crippen LogP contribution in [-0.2, 0) is 10.1 Å². The highest BCUT2D eigenvalue weighted by Crippen LogP contribution is 2.29. The van der Waals surface area contributed by atoms with Crippen LogP contribution in [-0.4, -0.2) is 24.0 Å². The van der Waals surface area contributed by atoms with E-state index in [1.54, 1.807) is 0 Å². The molecular weight excluding hydrogens is 240 g/mol. The summed E-state index contributed by atoms with van der Waals surface area (Å²) in [5.74, 6) is -1.44. The fraction of sp³-hybridized carbons (Fsp3) is 0. The van der Waals surface area contributed by atoms with Crippen molar-refractivity contribution in [3.8, 4) is 0 Å². The van der Waals surface area contributed by atoms with E-state index in [-0.39, 0.29) is 4.34 Å². The molecule has 72 valence electrons. The van der Waals surface area contributed by atoms with Gasteiger partial charge in [0.15, 0.2) is 0 Å². The average Bonchev–Trinajstić information content (AvgIpc) is 2.29. The first-order valence-electron chi connectivity index (χ1n) is 2.82. The van der Waals surface area contributed by atoms with Crippen LogP contribution in [0, 0.1) is 0 Å². The van der Waals surface area contributed by atoms with Crippen LogP contribution in [0.4, 0.5) is 0 Å². The predicted molar refractivity (Wildman–Crippen MR) is 46.1 cm³/mol. The average molecular weight is 243 g/mol. The number of thiophene rings is 1. The Kier molecular flexibility index (Phi) is 2.62. The van der Waals surface area contributed by atoms with E-state index in [9.17, 15) is 13.2 Å². The maximum absolute atomic E-state index is 10.6. The first-order valence-corrected chi connectivity index (χ1v) is 5.46. The minimum atomic E-state index is -4.51. The number of hydrogen-bond donors (Lipinski definition) is 2. The Balaban J connectivity index is 3.46. The topological polar surface area (TPSA) is 91.7 Å². The third-order valence-corrected chi connectivity index (χ3v) is 3.40. The molecule has 0 aliphatic heterocycles. The Labute approximate surface area is 82.3 Å². The zero-order chi connectivity index (χ0) is 10.2. The van der Waals surface area contributed by atoms with Gasteiger partial charge in [0.2, 0.25) is 0 Å². The van der Waals surface area contributed by atoms with Crippen molar-refractivity contribution in [2.75, 3.05) is 0 Å². The molecule has 1 rings (SSSR count). The molecule has 0 aliphatic carbocycles. The quantitative estimate of drug-likeness (QED) is 0.764. The van der Waals surface area contributed by atoms with E-state index in [0.717, 1.165) is 6.07 Å². The van der Waals surface area contributed by atoms with Gasteiger partial charge < -0.3 is 5.11 Å². The highest BCUT2D eigenvalue weighted by molar-refractivity contribution is 7.86. The monoisotopic (exact) mass is 242 g/mol. The Hall–Kier alpha value is -0.630. The Morgan fingerprint density at radius 1 is 1.54 bits per heavy atom. The van der Waals surface area contributed by atoms with Crippen molar-refractivity contribution >= 4 is 39.0 Å². The predicted octanol–water partition coefficient (Wildman–Crippen LogP) is 1.35. The van der Waals surface area contributed by atoms with Gasteiger partial charge in [-0.1, -0.05) is 11.6 Å². The van der Waals surface area contributed by atoms with Gasteiger partial charge in [-0.25, -0.2) is 4.79 Å². The fourth-order valence-electron chi connectivity index (χ4n) is 0.687. The summed E-state index contributed by atoms with van der Waals surface area (Å²) in [5.41, 5.74) is 0. The number of halogens is 1. The summed E-state index contributed by atoms with van der Waals surface area (Å²) in [6, 6.07) is 0.894. The smallest absolute Gasteiger partial charge is 0.347 e. The molecule has 0 bridgehead atoms. The van der Waals surface area contributed by atoms with Gasteiger partial charge in [0, 0.05) is 0 Å². The molecule has 0 saturated carbocycles. The molecule has 0 spiro atoms. The molecule has 2 N–H and O–H groups in total. The van der Waals surface area contributed by atoms with Crippen molar-refractivity contribution < 1.29 is 22.9 Å². The Morgan fingerprint density at radius 3 is 2.38 bits per heavy atom. The summed E-state index contributed by atoms with van der Waals surface area (Å²) in [4.78, 5) is 9.29. The van der Waals surface area contributed by atoms with Crippen LogP contribution in [0.3, 0.4) is 0 Å². The van der Waals surface area contributed by atoms with E-state index in [0.29, 0.717) is 11.3 Å². The third-order valence-electron chi connectivity index (χ3n) is 1.14. The maximum Gasteiger partial charge on any atom is 0.347 e. The second-order valence-corrected chi connectivity index (χ2v) is 5.10. The van der Waals surface area contributed by atoms with Crippen LogP contribution in [0.2, 0.25) is 4.34 Å². The van der Waals surface area contributed by atoms with E-state index in [4.69, 9.17) is 21.3 Å². The molecular formula is C5H3ClO5S2. The van der Waals surface area contributed by atoms with Crippen molar-refractivity contribution in [1.29, 1.82) is 0 Å². The van der Waals surface area contributed by atoms with Crippen LogP contribution in [0.15, 0.2) is 11.0 Å². The number of aromatic carboxylic acids is 1. The summed E-state index contributed by atoms with van der Waals surface area (Å²) in [7, 11) is -4.51. The van der Waals surface area contributed by atoms with Gasteiger partial charge >= 0.3 is 5.97 Å². The van der Waals surface area contributed by atoms with Crippen LogP contribution >= 0.6 is 22.9 Å². The van der Waals surface area contributed by atoms with E-state index < -0.39 is 25.9 Å². The number of rotatable bonds is 2. The molecule has 0 saturated heterocycles. The van der Waals surface area contributed by atoms with Crippen molar-refractivity contribution in [2.45, 2.75) is 4.90 Å². The number of carbonyl (C=O) groups is 1. The molecule has 8 heteroatoms. The summed E-state index contributed by atoms with van der Waals surface area (Å²) < 4.78 is 29.8. The van der Waals surface area contributed by atoms with E-state index >= 15 is 0 Å². The molecule has 0 atom stereocenters. The van der Waals surface area contributed by atoms with Crippen molar-refractivity contribution in [1.82, 2.24) is 0 Å². The molecule has 5 nitrogen and oxygen atoms in total. The summed E-state index contributed by atoms with van der Waals surface area (Å²) >= 11 is 5.97. The van der Waals surface area contributed by atoms with E-state index in [1.165, 1.54) is 0 Å². The highest BCUT2D eigenvalue weighted by atomic mass is 35.5. The molecule has 0 amide bonds. The van der Waals surface area contributed by atoms with Gasteiger partial charge in [-0.15, -0.1) is 11.3 Å². The summed E-state index contributed by atoms with van der Waals surface area (Å²) in [5, 5.41) is 8.52. The number of hydrogen-bond acceptors (Lipinski definition) is 4. The van der Waals surface area contributed by atoms with Crippen LogP contribution in [0.25, 0.3) is 0 Å². The van der Waals surface area contributed by atoms with Gasteiger partial charge in [0.25, 0.3) is 10.1 Å². The molecule has 0 radical (unpaired) electrons. The molecule has 0 fully saturated rings. The lowest BCUT2D eigenvalue weighted by atomic mass is 10.5. The fourth-order valence-corrected chi connectivity index (χ4v) is 2.81. The van der Waals surface area contributed by atoms with Crippen molar-refractivity contribution in [3.05, 3.63) is 15.3 Å². The van der Waals surface area contributed by atoms with E-state index in [1.807, 2.05) is 0 Å². The lowest BCUT2D eigenvalue weighted by molar-refractivity contribution is 0.0698. The van der Waals surface area contributed by atoms with Gasteiger partial charge in [-0.2, -0.15) is 8.42 Å². The minimum absolute atomic E-state index is 0.00924. The molecule has 0 aliphatic rings. The Bertz CT molecular complexity index is 445. The third kappa shape index (κ3) is 2.19. The van der Waals surface area contributed by atoms with Gasteiger partial charge in [-0.3, -0.25) is 4.55 Å². The van der Waals surface area contributed by atoms with Gasteiger partial charge in [-0.05, 0) is 6.07 Å². The second kappa shape index (κ2) is 3.26. The number of carboxylic acids is 1. The van der Waals surface area contributed by atoms with Crippen LogP contribution in [0.1, 0.15) is 9.67 Å².